The van der Waals surface area contributed by atoms with E-state index in [0.717, 1.165) is 50.7 Å². The second kappa shape index (κ2) is 5.34. The number of hydrogen-bond acceptors (Lipinski definition) is 3. The van der Waals surface area contributed by atoms with Gasteiger partial charge >= 0.3 is 0 Å². The number of nitrogens with zero attached hydrogens (tertiary/aromatic N) is 2. The van der Waals surface area contributed by atoms with Gasteiger partial charge in [0.05, 0.1) is 0 Å². The smallest absolute Gasteiger partial charge is 0.253 e. The molecule has 2 aliphatic heterocycles. The van der Waals surface area contributed by atoms with Crippen molar-refractivity contribution in [1.29, 1.82) is 0 Å². The predicted octanol–water partition coefficient (Wildman–Crippen LogP) is 1.96. The minimum absolute atomic E-state index is 0.206. The number of nitrogens with one attached hydrogen (secondary N) is 1. The predicted molar refractivity (Wildman–Crippen MR) is 83.8 cm³/mol. The number of anilines is 1. The number of hydrogen-bond donors (Lipinski definition) is 1. The van der Waals surface area contributed by atoms with Gasteiger partial charge in [0.25, 0.3) is 5.91 Å². The molecule has 3 aliphatic rings. The van der Waals surface area contributed by atoms with Gasteiger partial charge in [0.15, 0.2) is 0 Å². The van der Waals surface area contributed by atoms with E-state index in [-0.39, 0.29) is 5.91 Å². The molecule has 0 aromatic heterocycles. The Morgan fingerprint density at radius 3 is 2.67 bits per heavy atom. The highest BCUT2D eigenvalue weighted by molar-refractivity contribution is 5.95. The fourth-order valence-corrected chi connectivity index (χ4v) is 3.66. The zero-order valence-corrected chi connectivity index (χ0v) is 12.5. The SMILES string of the molecule is O=C(c1ccc2c(c1)CCN2)N1CCN(C2CCC2)CC1. The van der Waals surface area contributed by atoms with Crippen LogP contribution in [0.4, 0.5) is 5.69 Å². The largest absolute Gasteiger partial charge is 0.384 e. The van der Waals surface area contributed by atoms with Crippen molar-refractivity contribution in [1.82, 2.24) is 9.80 Å². The summed E-state index contributed by atoms with van der Waals surface area (Å²) in [5, 5.41) is 3.35. The summed E-state index contributed by atoms with van der Waals surface area (Å²) in [5.74, 6) is 0.206. The third kappa shape index (κ3) is 2.42. The molecule has 1 saturated carbocycles. The zero-order valence-electron chi connectivity index (χ0n) is 12.5. The van der Waals surface area contributed by atoms with Gasteiger partial charge in [0.2, 0.25) is 0 Å². The van der Waals surface area contributed by atoms with E-state index in [2.05, 4.69) is 22.3 Å². The fraction of sp³-hybridized carbons (Fsp3) is 0.588. The summed E-state index contributed by atoms with van der Waals surface area (Å²) < 4.78 is 0. The molecule has 112 valence electrons. The average molecular weight is 285 g/mol. The Bertz CT molecular complexity index is 545. The second-order valence-electron chi connectivity index (χ2n) is 6.46. The average Bonchev–Trinajstić information content (AvgIpc) is 2.93. The van der Waals surface area contributed by atoms with Gasteiger partial charge in [-0.3, -0.25) is 9.69 Å². The molecular formula is C17H23N3O. The quantitative estimate of drug-likeness (QED) is 0.902. The minimum atomic E-state index is 0.206. The van der Waals surface area contributed by atoms with Crippen LogP contribution in [0.25, 0.3) is 0 Å². The number of fused-ring (bicyclic) bond motifs is 1. The topological polar surface area (TPSA) is 35.6 Å². The Balaban J connectivity index is 1.41. The standard InChI is InChI=1S/C17H23N3O/c21-17(14-4-5-16-13(12-14)6-7-18-16)20-10-8-19(9-11-20)15-2-1-3-15/h4-5,12,15,18H,1-3,6-11H2. The van der Waals surface area contributed by atoms with Crippen LogP contribution < -0.4 is 5.32 Å². The highest BCUT2D eigenvalue weighted by Gasteiger charge is 2.29. The summed E-state index contributed by atoms with van der Waals surface area (Å²) in [4.78, 5) is 17.2. The number of amides is 1. The van der Waals surface area contributed by atoms with Crippen LogP contribution in [-0.2, 0) is 6.42 Å². The Kier molecular flexibility index (Phi) is 3.34. The van der Waals surface area contributed by atoms with E-state index < -0.39 is 0 Å². The molecule has 1 aliphatic carbocycles. The Morgan fingerprint density at radius 1 is 1.14 bits per heavy atom. The number of piperazine rings is 1. The molecule has 1 saturated heterocycles. The molecule has 2 heterocycles. The van der Waals surface area contributed by atoms with Gasteiger partial charge < -0.3 is 10.2 Å². The summed E-state index contributed by atoms with van der Waals surface area (Å²) in [6.45, 7) is 4.84. The summed E-state index contributed by atoms with van der Waals surface area (Å²) in [6, 6.07) is 6.90. The first-order valence-electron chi connectivity index (χ1n) is 8.21. The van der Waals surface area contributed by atoms with Crippen LogP contribution in [0.15, 0.2) is 18.2 Å². The number of carbonyl (C=O) groups excluding carboxylic acids is 1. The van der Waals surface area contributed by atoms with E-state index in [9.17, 15) is 4.79 Å². The van der Waals surface area contributed by atoms with Gasteiger partial charge in [-0.05, 0) is 43.0 Å². The van der Waals surface area contributed by atoms with Crippen LogP contribution in [0.5, 0.6) is 0 Å². The molecule has 4 nitrogen and oxygen atoms in total. The minimum Gasteiger partial charge on any atom is -0.384 e. The Labute approximate surface area is 126 Å². The summed E-state index contributed by atoms with van der Waals surface area (Å²) in [7, 11) is 0. The number of rotatable bonds is 2. The van der Waals surface area contributed by atoms with Crippen LogP contribution in [0.3, 0.4) is 0 Å². The van der Waals surface area contributed by atoms with Crippen molar-refractivity contribution in [2.45, 2.75) is 31.7 Å². The highest BCUT2D eigenvalue weighted by Crippen LogP contribution is 2.26. The maximum Gasteiger partial charge on any atom is 0.253 e. The lowest BCUT2D eigenvalue weighted by molar-refractivity contribution is 0.0455. The van der Waals surface area contributed by atoms with E-state index in [1.54, 1.807) is 0 Å². The maximum atomic E-state index is 12.6. The summed E-state index contributed by atoms with van der Waals surface area (Å²) >= 11 is 0. The van der Waals surface area contributed by atoms with Crippen molar-refractivity contribution in [2.24, 2.45) is 0 Å². The van der Waals surface area contributed by atoms with Crippen molar-refractivity contribution in [3.8, 4) is 0 Å². The van der Waals surface area contributed by atoms with Crippen LogP contribution in [0, 0.1) is 0 Å². The van der Waals surface area contributed by atoms with Gasteiger partial charge in [0, 0.05) is 50.0 Å². The third-order valence-electron chi connectivity index (χ3n) is 5.25. The van der Waals surface area contributed by atoms with Crippen LogP contribution in [0.1, 0.15) is 35.2 Å². The maximum absolute atomic E-state index is 12.6. The van der Waals surface area contributed by atoms with Crippen molar-refractivity contribution >= 4 is 11.6 Å². The van der Waals surface area contributed by atoms with Gasteiger partial charge in [-0.25, -0.2) is 0 Å². The lowest BCUT2D eigenvalue weighted by Gasteiger charge is -2.43. The first-order valence-corrected chi connectivity index (χ1v) is 8.21. The summed E-state index contributed by atoms with van der Waals surface area (Å²) in [6.07, 6.45) is 5.12. The van der Waals surface area contributed by atoms with E-state index in [4.69, 9.17) is 0 Å². The normalized spacial score (nSPS) is 22.6. The molecule has 0 radical (unpaired) electrons. The van der Waals surface area contributed by atoms with E-state index in [1.165, 1.54) is 30.5 Å². The molecule has 0 spiro atoms. The van der Waals surface area contributed by atoms with Crippen LogP contribution >= 0.6 is 0 Å². The second-order valence-corrected chi connectivity index (χ2v) is 6.46. The molecule has 1 aromatic rings. The molecule has 21 heavy (non-hydrogen) atoms. The molecule has 0 unspecified atom stereocenters. The van der Waals surface area contributed by atoms with Crippen LogP contribution in [0.2, 0.25) is 0 Å². The van der Waals surface area contributed by atoms with E-state index in [0.29, 0.717) is 0 Å². The molecule has 4 rings (SSSR count). The van der Waals surface area contributed by atoms with E-state index >= 15 is 0 Å². The van der Waals surface area contributed by atoms with Crippen molar-refractivity contribution in [3.63, 3.8) is 0 Å². The molecule has 4 heteroatoms. The fourth-order valence-electron chi connectivity index (χ4n) is 3.66. The molecular weight excluding hydrogens is 262 g/mol. The Hall–Kier alpha value is -1.55. The molecule has 0 atom stereocenters. The molecule has 2 fully saturated rings. The van der Waals surface area contributed by atoms with Crippen LogP contribution in [-0.4, -0.2) is 54.5 Å². The van der Waals surface area contributed by atoms with Crippen molar-refractivity contribution in [2.75, 3.05) is 38.0 Å². The lowest BCUT2D eigenvalue weighted by atomic mass is 9.91. The molecule has 1 amide bonds. The molecule has 1 aromatic carbocycles. The van der Waals surface area contributed by atoms with Crippen molar-refractivity contribution in [3.05, 3.63) is 29.3 Å². The molecule has 0 bridgehead atoms. The van der Waals surface area contributed by atoms with Crippen molar-refractivity contribution < 1.29 is 4.79 Å². The van der Waals surface area contributed by atoms with Gasteiger partial charge in [0.1, 0.15) is 0 Å². The monoisotopic (exact) mass is 285 g/mol. The van der Waals surface area contributed by atoms with Gasteiger partial charge in [-0.15, -0.1) is 0 Å². The van der Waals surface area contributed by atoms with Gasteiger partial charge in [-0.2, -0.15) is 0 Å². The van der Waals surface area contributed by atoms with Gasteiger partial charge in [-0.1, -0.05) is 6.42 Å². The first-order chi connectivity index (χ1) is 10.3. The number of benzene rings is 1. The Morgan fingerprint density at radius 2 is 1.95 bits per heavy atom. The lowest BCUT2D eigenvalue weighted by Crippen LogP contribution is -2.53. The third-order valence-corrected chi connectivity index (χ3v) is 5.25. The molecule has 1 N–H and O–H groups in total. The number of carbonyl (C=O) groups is 1. The summed E-state index contributed by atoms with van der Waals surface area (Å²) in [5.41, 5.74) is 3.34. The first kappa shape index (κ1) is 13.1. The van der Waals surface area contributed by atoms with E-state index in [1.807, 2.05) is 11.0 Å². The zero-order chi connectivity index (χ0) is 14.2. The highest BCUT2D eigenvalue weighted by atomic mass is 16.2.